The summed E-state index contributed by atoms with van der Waals surface area (Å²) in [6.07, 6.45) is 1.65. The van der Waals surface area contributed by atoms with Crippen molar-refractivity contribution in [2.24, 2.45) is 0 Å². The predicted octanol–water partition coefficient (Wildman–Crippen LogP) is 3.48. The van der Waals surface area contributed by atoms with Gasteiger partial charge in [0.15, 0.2) is 23.0 Å². The van der Waals surface area contributed by atoms with Gasteiger partial charge in [-0.15, -0.1) is 0 Å². The lowest BCUT2D eigenvalue weighted by atomic mass is 10.0. The van der Waals surface area contributed by atoms with Crippen LogP contribution in [0, 0.1) is 11.3 Å². The molecule has 0 aliphatic carbocycles. The lowest BCUT2D eigenvalue weighted by molar-refractivity contribution is 0.355. The Kier molecular flexibility index (Phi) is 5.11. The normalized spacial score (nSPS) is 10.8. The van der Waals surface area contributed by atoms with Crippen LogP contribution in [0.3, 0.4) is 0 Å². The second-order valence-electron chi connectivity index (χ2n) is 4.64. The molecule has 2 aromatic rings. The van der Waals surface area contributed by atoms with Gasteiger partial charge in [0.05, 0.1) is 33.0 Å². The van der Waals surface area contributed by atoms with Gasteiger partial charge in [-0.3, -0.25) is 0 Å². The number of para-hydroxylation sites is 1. The maximum Gasteiger partial charge on any atom is 0.167 e. The van der Waals surface area contributed by atoms with Gasteiger partial charge in [-0.2, -0.15) is 5.26 Å². The zero-order valence-corrected chi connectivity index (χ0v) is 13.2. The Morgan fingerprint density at radius 2 is 1.78 bits per heavy atom. The molecule has 0 bridgehead atoms. The number of allylic oxidation sites excluding steroid dienone is 1. The molecule has 2 aromatic carbocycles. The number of aromatic hydroxyl groups is 1. The fourth-order valence-corrected chi connectivity index (χ4v) is 2.22. The minimum absolute atomic E-state index is 0.0193. The minimum Gasteiger partial charge on any atom is -0.504 e. The van der Waals surface area contributed by atoms with Gasteiger partial charge in [0.25, 0.3) is 0 Å². The third-order valence-corrected chi connectivity index (χ3v) is 3.34. The molecule has 1 N–H and O–H groups in total. The van der Waals surface area contributed by atoms with E-state index in [2.05, 4.69) is 6.07 Å². The number of phenols is 1. The van der Waals surface area contributed by atoms with Gasteiger partial charge in [-0.1, -0.05) is 12.1 Å². The Bertz CT molecular complexity index is 775. The number of methoxy groups -OCH3 is 3. The first-order valence-corrected chi connectivity index (χ1v) is 6.84. The van der Waals surface area contributed by atoms with Gasteiger partial charge < -0.3 is 19.3 Å². The molecular weight excluding hydrogens is 294 g/mol. The van der Waals surface area contributed by atoms with Crippen LogP contribution in [0.15, 0.2) is 36.4 Å². The summed E-state index contributed by atoms with van der Waals surface area (Å²) in [5, 5.41) is 19.3. The van der Waals surface area contributed by atoms with Crippen LogP contribution in [-0.2, 0) is 0 Å². The summed E-state index contributed by atoms with van der Waals surface area (Å²) in [5.74, 6) is 1.46. The minimum atomic E-state index is 0.0193. The van der Waals surface area contributed by atoms with Crippen molar-refractivity contribution in [1.82, 2.24) is 0 Å². The molecule has 0 atom stereocenters. The lowest BCUT2D eigenvalue weighted by Crippen LogP contribution is -1.92. The standard InChI is InChI=1S/C18H17NO4/c1-21-16-8-7-12(10-17(16)22-2)14(11-19)9-13-5-4-6-15(20)18(13)23-3/h4-10,20H,1-3H3/b14-9+. The Morgan fingerprint density at radius 1 is 1.04 bits per heavy atom. The Balaban J connectivity index is 2.53. The second kappa shape index (κ2) is 7.23. The summed E-state index contributed by atoms with van der Waals surface area (Å²) in [5.41, 5.74) is 1.70. The monoisotopic (exact) mass is 311 g/mol. The van der Waals surface area contributed by atoms with E-state index in [1.54, 1.807) is 43.5 Å². The third-order valence-electron chi connectivity index (χ3n) is 3.34. The molecular formula is C18H17NO4. The molecule has 0 heterocycles. The van der Waals surface area contributed by atoms with Gasteiger partial charge in [-0.25, -0.2) is 0 Å². The van der Waals surface area contributed by atoms with E-state index < -0.39 is 0 Å². The number of ether oxygens (including phenoxy) is 3. The number of nitriles is 1. The van der Waals surface area contributed by atoms with E-state index in [-0.39, 0.29) is 5.75 Å². The molecule has 5 heteroatoms. The van der Waals surface area contributed by atoms with Gasteiger partial charge in [0.2, 0.25) is 0 Å². The number of hydrogen-bond donors (Lipinski definition) is 1. The first-order valence-electron chi connectivity index (χ1n) is 6.84. The smallest absolute Gasteiger partial charge is 0.167 e. The van der Waals surface area contributed by atoms with Crippen LogP contribution < -0.4 is 14.2 Å². The summed E-state index contributed by atoms with van der Waals surface area (Å²) in [6.45, 7) is 0. The van der Waals surface area contributed by atoms with E-state index in [0.29, 0.717) is 33.9 Å². The lowest BCUT2D eigenvalue weighted by Gasteiger charge is -2.10. The highest BCUT2D eigenvalue weighted by Gasteiger charge is 2.11. The molecule has 0 aliphatic heterocycles. The van der Waals surface area contributed by atoms with Crippen molar-refractivity contribution in [1.29, 1.82) is 5.26 Å². The van der Waals surface area contributed by atoms with E-state index in [9.17, 15) is 10.4 Å². The zero-order valence-electron chi connectivity index (χ0n) is 13.2. The molecule has 0 fully saturated rings. The molecule has 0 saturated carbocycles. The van der Waals surface area contributed by atoms with Crippen LogP contribution in [0.25, 0.3) is 11.6 Å². The van der Waals surface area contributed by atoms with Gasteiger partial charge >= 0.3 is 0 Å². The van der Waals surface area contributed by atoms with Gasteiger partial charge in [-0.05, 0) is 35.9 Å². The number of hydrogen-bond acceptors (Lipinski definition) is 5. The predicted molar refractivity (Wildman–Crippen MR) is 87.7 cm³/mol. The molecule has 0 amide bonds. The van der Waals surface area contributed by atoms with E-state index in [0.717, 1.165) is 0 Å². The van der Waals surface area contributed by atoms with Gasteiger partial charge in [0.1, 0.15) is 0 Å². The largest absolute Gasteiger partial charge is 0.504 e. The van der Waals surface area contributed by atoms with Crippen LogP contribution >= 0.6 is 0 Å². The maximum absolute atomic E-state index is 9.82. The van der Waals surface area contributed by atoms with Crippen molar-refractivity contribution in [3.8, 4) is 29.1 Å². The van der Waals surface area contributed by atoms with E-state index in [1.807, 2.05) is 0 Å². The van der Waals surface area contributed by atoms with Crippen molar-refractivity contribution < 1.29 is 19.3 Å². The van der Waals surface area contributed by atoms with Crippen LogP contribution in [0.5, 0.6) is 23.0 Å². The summed E-state index contributed by atoms with van der Waals surface area (Å²) in [7, 11) is 4.56. The Labute approximate surface area is 135 Å². The van der Waals surface area contributed by atoms with Crippen LogP contribution in [0.2, 0.25) is 0 Å². The first-order chi connectivity index (χ1) is 11.1. The molecule has 23 heavy (non-hydrogen) atoms. The molecule has 0 saturated heterocycles. The highest BCUT2D eigenvalue weighted by molar-refractivity contribution is 5.91. The zero-order chi connectivity index (χ0) is 16.8. The van der Waals surface area contributed by atoms with Crippen LogP contribution in [0.4, 0.5) is 0 Å². The number of phenolic OH excluding ortho intramolecular Hbond substituents is 1. The molecule has 0 aliphatic rings. The molecule has 0 radical (unpaired) electrons. The quantitative estimate of drug-likeness (QED) is 0.676. The first kappa shape index (κ1) is 16.2. The fourth-order valence-electron chi connectivity index (χ4n) is 2.22. The highest BCUT2D eigenvalue weighted by atomic mass is 16.5. The van der Waals surface area contributed by atoms with Gasteiger partial charge in [0, 0.05) is 5.56 Å². The number of nitrogens with zero attached hydrogens (tertiary/aromatic N) is 1. The van der Waals surface area contributed by atoms with E-state index in [1.165, 1.54) is 20.3 Å². The molecule has 118 valence electrons. The van der Waals surface area contributed by atoms with Crippen molar-refractivity contribution >= 4 is 11.6 Å². The maximum atomic E-state index is 9.82. The number of benzene rings is 2. The van der Waals surface area contributed by atoms with Crippen LogP contribution in [0.1, 0.15) is 11.1 Å². The average Bonchev–Trinajstić information content (AvgIpc) is 2.59. The van der Waals surface area contributed by atoms with Crippen molar-refractivity contribution in [3.63, 3.8) is 0 Å². The molecule has 0 unspecified atom stereocenters. The topological polar surface area (TPSA) is 71.7 Å². The van der Waals surface area contributed by atoms with Crippen molar-refractivity contribution in [2.45, 2.75) is 0 Å². The number of rotatable bonds is 5. The molecule has 0 aromatic heterocycles. The second-order valence-corrected chi connectivity index (χ2v) is 4.64. The fraction of sp³-hybridized carbons (Fsp3) is 0.167. The summed E-state index contributed by atoms with van der Waals surface area (Å²) in [4.78, 5) is 0. The van der Waals surface area contributed by atoms with E-state index in [4.69, 9.17) is 14.2 Å². The van der Waals surface area contributed by atoms with Crippen molar-refractivity contribution in [3.05, 3.63) is 47.5 Å². The molecule has 0 spiro atoms. The van der Waals surface area contributed by atoms with Crippen molar-refractivity contribution in [2.75, 3.05) is 21.3 Å². The summed E-state index contributed by atoms with van der Waals surface area (Å²) >= 11 is 0. The van der Waals surface area contributed by atoms with Crippen LogP contribution in [-0.4, -0.2) is 26.4 Å². The third kappa shape index (κ3) is 3.38. The summed E-state index contributed by atoms with van der Waals surface area (Å²) < 4.78 is 15.6. The highest BCUT2D eigenvalue weighted by Crippen LogP contribution is 2.34. The summed E-state index contributed by atoms with van der Waals surface area (Å²) in [6, 6.07) is 12.4. The Hall–Kier alpha value is -3.13. The van der Waals surface area contributed by atoms with E-state index >= 15 is 0 Å². The SMILES string of the molecule is COc1ccc(/C(C#N)=C/c2cccc(O)c2OC)cc1OC. The molecule has 2 rings (SSSR count). The average molecular weight is 311 g/mol. The Morgan fingerprint density at radius 3 is 2.39 bits per heavy atom. The molecule has 5 nitrogen and oxygen atoms in total.